The Bertz CT molecular complexity index is 456. The van der Waals surface area contributed by atoms with Crippen molar-refractivity contribution in [3.05, 3.63) is 34.9 Å². The van der Waals surface area contributed by atoms with Gasteiger partial charge in [-0.15, -0.1) is 0 Å². The van der Waals surface area contributed by atoms with E-state index in [1.54, 1.807) is 0 Å². The molecule has 104 valence electrons. The van der Waals surface area contributed by atoms with Gasteiger partial charge in [-0.05, 0) is 44.4 Å². The van der Waals surface area contributed by atoms with E-state index in [-0.39, 0.29) is 11.9 Å². The van der Waals surface area contributed by atoms with E-state index >= 15 is 0 Å². The van der Waals surface area contributed by atoms with Gasteiger partial charge in [0.25, 0.3) is 0 Å². The van der Waals surface area contributed by atoms with Crippen molar-refractivity contribution in [2.75, 3.05) is 20.2 Å². The number of carbonyl (C=O) groups excluding carboxylic acids is 1. The fourth-order valence-corrected chi connectivity index (χ4v) is 2.77. The maximum absolute atomic E-state index is 11.6. The van der Waals surface area contributed by atoms with Crippen molar-refractivity contribution in [3.63, 3.8) is 0 Å². The second-order valence-corrected chi connectivity index (χ2v) is 5.53. The number of piperidine rings is 1. The molecule has 1 saturated heterocycles. The number of hydrogen-bond acceptors (Lipinski definition) is 3. The van der Waals surface area contributed by atoms with Crippen molar-refractivity contribution < 1.29 is 9.53 Å². The van der Waals surface area contributed by atoms with E-state index in [2.05, 4.69) is 36.9 Å². The fraction of sp³-hybridized carbons (Fsp3) is 0.562. The summed E-state index contributed by atoms with van der Waals surface area (Å²) in [5.41, 5.74) is 3.98. The maximum atomic E-state index is 11.6. The predicted molar refractivity (Wildman–Crippen MR) is 75.9 cm³/mol. The van der Waals surface area contributed by atoms with Crippen molar-refractivity contribution in [3.8, 4) is 0 Å². The number of nitrogens with zero attached hydrogens (tertiary/aromatic N) is 1. The molecular formula is C16H23NO2. The van der Waals surface area contributed by atoms with Gasteiger partial charge in [-0.25, -0.2) is 0 Å². The third-order valence-electron chi connectivity index (χ3n) is 3.94. The Hall–Kier alpha value is -1.35. The molecule has 1 aromatic carbocycles. The molecule has 1 atom stereocenters. The van der Waals surface area contributed by atoms with Gasteiger partial charge < -0.3 is 4.74 Å². The first-order valence-electron chi connectivity index (χ1n) is 6.96. The number of esters is 1. The van der Waals surface area contributed by atoms with Crippen LogP contribution in [0.3, 0.4) is 0 Å². The van der Waals surface area contributed by atoms with Crippen molar-refractivity contribution in [2.24, 2.45) is 5.92 Å². The van der Waals surface area contributed by atoms with Crippen LogP contribution in [0.5, 0.6) is 0 Å². The smallest absolute Gasteiger partial charge is 0.309 e. The van der Waals surface area contributed by atoms with Crippen LogP contribution in [0.25, 0.3) is 0 Å². The molecule has 1 aromatic rings. The number of aryl methyl sites for hydroxylation is 2. The average Bonchev–Trinajstić information content (AvgIpc) is 2.42. The van der Waals surface area contributed by atoms with E-state index in [1.165, 1.54) is 23.8 Å². The summed E-state index contributed by atoms with van der Waals surface area (Å²) >= 11 is 0. The third kappa shape index (κ3) is 3.57. The molecule has 0 radical (unpaired) electrons. The normalized spacial score (nSPS) is 20.3. The van der Waals surface area contributed by atoms with Gasteiger partial charge in [-0.1, -0.05) is 23.8 Å². The second-order valence-electron chi connectivity index (χ2n) is 5.53. The van der Waals surface area contributed by atoms with Crippen LogP contribution in [0.4, 0.5) is 0 Å². The molecule has 0 aromatic heterocycles. The first-order chi connectivity index (χ1) is 9.10. The summed E-state index contributed by atoms with van der Waals surface area (Å²) in [5, 5.41) is 0. The zero-order chi connectivity index (χ0) is 13.8. The minimum Gasteiger partial charge on any atom is -0.469 e. The first kappa shape index (κ1) is 14.1. The van der Waals surface area contributed by atoms with Gasteiger partial charge in [0, 0.05) is 13.1 Å². The Kier molecular flexibility index (Phi) is 4.59. The number of likely N-dealkylation sites (tertiary alicyclic amines) is 1. The Labute approximate surface area is 115 Å². The van der Waals surface area contributed by atoms with Gasteiger partial charge in [0.1, 0.15) is 0 Å². The number of ether oxygens (including phenoxy) is 1. The van der Waals surface area contributed by atoms with E-state index in [0.717, 1.165) is 32.5 Å². The standard InChI is InChI=1S/C16H23NO2/c1-12-6-7-13(2)15(9-12)11-17-8-4-5-14(10-17)16(18)19-3/h6-7,9,14H,4-5,8,10-11H2,1-3H3. The molecule has 1 heterocycles. The number of methoxy groups -OCH3 is 1. The molecule has 19 heavy (non-hydrogen) atoms. The lowest BCUT2D eigenvalue weighted by atomic mass is 9.97. The summed E-state index contributed by atoms with van der Waals surface area (Å²) < 4.78 is 4.87. The zero-order valence-electron chi connectivity index (χ0n) is 12.1. The SMILES string of the molecule is COC(=O)C1CCCN(Cc2cc(C)ccc2C)C1. The van der Waals surface area contributed by atoms with Gasteiger partial charge in [0.05, 0.1) is 13.0 Å². The van der Waals surface area contributed by atoms with E-state index in [9.17, 15) is 4.79 Å². The number of hydrogen-bond donors (Lipinski definition) is 0. The monoisotopic (exact) mass is 261 g/mol. The minimum atomic E-state index is -0.0642. The number of carbonyl (C=O) groups is 1. The lowest BCUT2D eigenvalue weighted by Crippen LogP contribution is -2.38. The highest BCUT2D eigenvalue weighted by atomic mass is 16.5. The largest absolute Gasteiger partial charge is 0.469 e. The number of rotatable bonds is 3. The Morgan fingerprint density at radius 2 is 2.21 bits per heavy atom. The topological polar surface area (TPSA) is 29.5 Å². The molecule has 3 nitrogen and oxygen atoms in total. The highest BCUT2D eigenvalue weighted by Gasteiger charge is 2.26. The maximum Gasteiger partial charge on any atom is 0.309 e. The lowest BCUT2D eigenvalue weighted by Gasteiger charge is -2.31. The van der Waals surface area contributed by atoms with E-state index < -0.39 is 0 Å². The molecule has 0 saturated carbocycles. The van der Waals surface area contributed by atoms with Gasteiger partial charge in [-0.3, -0.25) is 9.69 Å². The van der Waals surface area contributed by atoms with Crippen LogP contribution in [0.15, 0.2) is 18.2 Å². The van der Waals surface area contributed by atoms with Crippen molar-refractivity contribution in [1.29, 1.82) is 0 Å². The van der Waals surface area contributed by atoms with Crippen LogP contribution in [0.1, 0.15) is 29.5 Å². The average molecular weight is 261 g/mol. The predicted octanol–water partition coefficient (Wildman–Crippen LogP) is 2.69. The lowest BCUT2D eigenvalue weighted by molar-refractivity contribution is -0.147. The van der Waals surface area contributed by atoms with Crippen LogP contribution >= 0.6 is 0 Å². The molecule has 1 unspecified atom stereocenters. The summed E-state index contributed by atoms with van der Waals surface area (Å²) in [4.78, 5) is 14.0. The summed E-state index contributed by atoms with van der Waals surface area (Å²) in [6.45, 7) is 7.09. The Balaban J connectivity index is 2.02. The molecular weight excluding hydrogens is 238 g/mol. The van der Waals surface area contributed by atoms with Crippen LogP contribution < -0.4 is 0 Å². The highest BCUT2D eigenvalue weighted by Crippen LogP contribution is 2.21. The van der Waals surface area contributed by atoms with E-state index in [1.807, 2.05) is 0 Å². The van der Waals surface area contributed by atoms with Gasteiger partial charge in [0.2, 0.25) is 0 Å². The first-order valence-corrected chi connectivity index (χ1v) is 6.96. The van der Waals surface area contributed by atoms with E-state index in [0.29, 0.717) is 0 Å². The van der Waals surface area contributed by atoms with Crippen LogP contribution in [0.2, 0.25) is 0 Å². The highest BCUT2D eigenvalue weighted by molar-refractivity contribution is 5.72. The van der Waals surface area contributed by atoms with Crippen molar-refractivity contribution in [1.82, 2.24) is 4.90 Å². The van der Waals surface area contributed by atoms with Crippen LogP contribution in [-0.4, -0.2) is 31.1 Å². The van der Waals surface area contributed by atoms with Crippen LogP contribution in [-0.2, 0) is 16.1 Å². The molecule has 3 heteroatoms. The molecule has 0 aliphatic carbocycles. The Morgan fingerprint density at radius 1 is 1.42 bits per heavy atom. The Morgan fingerprint density at radius 3 is 2.95 bits per heavy atom. The number of benzene rings is 1. The summed E-state index contributed by atoms with van der Waals surface area (Å²) in [6.07, 6.45) is 2.03. The van der Waals surface area contributed by atoms with E-state index in [4.69, 9.17) is 4.74 Å². The molecule has 1 aliphatic rings. The molecule has 1 fully saturated rings. The minimum absolute atomic E-state index is 0.0452. The molecule has 1 aliphatic heterocycles. The summed E-state index contributed by atoms with van der Waals surface area (Å²) in [6, 6.07) is 6.57. The summed E-state index contributed by atoms with van der Waals surface area (Å²) in [5.74, 6) is -0.0190. The molecule has 0 bridgehead atoms. The van der Waals surface area contributed by atoms with Crippen molar-refractivity contribution in [2.45, 2.75) is 33.2 Å². The van der Waals surface area contributed by atoms with Crippen LogP contribution in [0, 0.1) is 19.8 Å². The van der Waals surface area contributed by atoms with Gasteiger partial charge in [0.15, 0.2) is 0 Å². The van der Waals surface area contributed by atoms with Gasteiger partial charge in [-0.2, -0.15) is 0 Å². The zero-order valence-corrected chi connectivity index (χ0v) is 12.1. The van der Waals surface area contributed by atoms with Crippen molar-refractivity contribution >= 4 is 5.97 Å². The molecule has 0 spiro atoms. The molecule has 0 amide bonds. The molecule has 2 rings (SSSR count). The molecule has 0 N–H and O–H groups in total. The fourth-order valence-electron chi connectivity index (χ4n) is 2.77. The third-order valence-corrected chi connectivity index (χ3v) is 3.94. The summed E-state index contributed by atoms with van der Waals surface area (Å²) in [7, 11) is 1.48. The second kappa shape index (κ2) is 6.20. The quantitative estimate of drug-likeness (QED) is 0.784. The van der Waals surface area contributed by atoms with Gasteiger partial charge >= 0.3 is 5.97 Å².